The van der Waals surface area contributed by atoms with Crippen LogP contribution in [-0.4, -0.2) is 0 Å². The predicted molar refractivity (Wildman–Crippen MR) is 157 cm³/mol. The summed E-state index contributed by atoms with van der Waals surface area (Å²) in [4.78, 5) is 0. The third kappa shape index (κ3) is 2.76. The van der Waals surface area contributed by atoms with E-state index in [9.17, 15) is 0 Å². The van der Waals surface area contributed by atoms with Gasteiger partial charge in [-0.1, -0.05) is 115 Å². The van der Waals surface area contributed by atoms with E-state index in [1.165, 1.54) is 75.8 Å². The lowest BCUT2D eigenvalue weighted by Gasteiger charge is -2.16. The Morgan fingerprint density at radius 3 is 1.56 bits per heavy atom. The maximum Gasteiger partial charge on any atom is -0.00141 e. The summed E-state index contributed by atoms with van der Waals surface area (Å²) >= 11 is 0. The smallest absolute Gasteiger partial charge is 0.00141 e. The van der Waals surface area contributed by atoms with Gasteiger partial charge in [-0.05, 0) is 94.0 Å². The van der Waals surface area contributed by atoms with Gasteiger partial charge in [0.2, 0.25) is 0 Å². The average molecular weight is 455 g/mol. The summed E-state index contributed by atoms with van der Waals surface area (Å²) in [7, 11) is 0. The van der Waals surface area contributed by atoms with Crippen molar-refractivity contribution in [3.63, 3.8) is 0 Å². The monoisotopic (exact) mass is 454 g/mol. The summed E-state index contributed by atoms with van der Waals surface area (Å²) in [6, 6.07) is 49.1. The zero-order chi connectivity index (χ0) is 23.6. The summed E-state index contributed by atoms with van der Waals surface area (Å²) in [6.45, 7) is 0. The van der Waals surface area contributed by atoms with Gasteiger partial charge in [-0.3, -0.25) is 0 Å². The van der Waals surface area contributed by atoms with Gasteiger partial charge in [0.05, 0.1) is 0 Å². The Labute approximate surface area is 209 Å². The van der Waals surface area contributed by atoms with Gasteiger partial charge in [0.15, 0.2) is 0 Å². The zero-order valence-corrected chi connectivity index (χ0v) is 19.7. The molecule has 0 saturated carbocycles. The minimum atomic E-state index is 1.26. The van der Waals surface area contributed by atoms with Crippen LogP contribution in [0.3, 0.4) is 0 Å². The molecule has 0 unspecified atom stereocenters. The van der Waals surface area contributed by atoms with Gasteiger partial charge >= 0.3 is 0 Å². The molecular formula is C36H22. The molecule has 166 valence electrons. The van der Waals surface area contributed by atoms with Crippen LogP contribution in [-0.2, 0) is 0 Å². The Kier molecular flexibility index (Phi) is 4.03. The van der Waals surface area contributed by atoms with Gasteiger partial charge in [0, 0.05) is 0 Å². The van der Waals surface area contributed by atoms with Crippen LogP contribution < -0.4 is 0 Å². The molecule has 0 radical (unpaired) electrons. The van der Waals surface area contributed by atoms with Crippen LogP contribution in [0, 0.1) is 0 Å². The fraction of sp³-hybridized carbons (Fsp3) is 0. The van der Waals surface area contributed by atoms with Crippen molar-refractivity contribution in [1.29, 1.82) is 0 Å². The van der Waals surface area contributed by atoms with Crippen LogP contribution in [0.25, 0.3) is 75.8 Å². The van der Waals surface area contributed by atoms with Crippen LogP contribution >= 0.6 is 0 Å². The van der Waals surface area contributed by atoms with E-state index in [-0.39, 0.29) is 0 Å². The molecule has 0 saturated heterocycles. The summed E-state index contributed by atoms with van der Waals surface area (Å²) in [5.41, 5.74) is 2.54. The molecule has 0 aliphatic carbocycles. The quantitative estimate of drug-likeness (QED) is 0.171. The first-order valence-corrected chi connectivity index (χ1v) is 12.5. The number of fused-ring (bicyclic) bond motifs is 10. The van der Waals surface area contributed by atoms with Crippen molar-refractivity contribution in [3.8, 4) is 11.1 Å². The van der Waals surface area contributed by atoms with E-state index in [0.717, 1.165) is 0 Å². The van der Waals surface area contributed by atoms with Crippen molar-refractivity contribution in [2.24, 2.45) is 0 Å². The normalized spacial score (nSPS) is 11.9. The van der Waals surface area contributed by atoms with Gasteiger partial charge in [0.25, 0.3) is 0 Å². The van der Waals surface area contributed by atoms with Gasteiger partial charge in [-0.25, -0.2) is 0 Å². The van der Waals surface area contributed by atoms with E-state index in [4.69, 9.17) is 0 Å². The molecule has 0 aromatic heterocycles. The molecular weight excluding hydrogens is 432 g/mol. The molecule has 0 atom stereocenters. The van der Waals surface area contributed by atoms with Gasteiger partial charge < -0.3 is 0 Å². The highest BCUT2D eigenvalue weighted by atomic mass is 14.2. The van der Waals surface area contributed by atoms with Crippen LogP contribution in [0.4, 0.5) is 0 Å². The highest BCUT2D eigenvalue weighted by Gasteiger charge is 2.14. The second-order valence-electron chi connectivity index (χ2n) is 9.74. The molecule has 0 N–H and O–H groups in total. The lowest BCUT2D eigenvalue weighted by atomic mass is 9.87. The first-order chi connectivity index (χ1) is 17.8. The Balaban J connectivity index is 1.53. The summed E-state index contributed by atoms with van der Waals surface area (Å²) in [5.74, 6) is 0. The summed E-state index contributed by atoms with van der Waals surface area (Å²) in [5, 5.41) is 15.6. The summed E-state index contributed by atoms with van der Waals surface area (Å²) in [6.07, 6.45) is 0. The Morgan fingerprint density at radius 1 is 0.278 bits per heavy atom. The van der Waals surface area contributed by atoms with Gasteiger partial charge in [0.1, 0.15) is 0 Å². The maximum absolute atomic E-state index is 2.36. The Hall–Kier alpha value is -4.68. The molecule has 0 nitrogen and oxygen atoms in total. The first kappa shape index (κ1) is 19.6. The molecule has 8 rings (SSSR count). The van der Waals surface area contributed by atoms with Crippen LogP contribution in [0.5, 0.6) is 0 Å². The van der Waals surface area contributed by atoms with Crippen molar-refractivity contribution >= 4 is 64.6 Å². The van der Waals surface area contributed by atoms with E-state index >= 15 is 0 Å². The van der Waals surface area contributed by atoms with E-state index < -0.39 is 0 Å². The topological polar surface area (TPSA) is 0 Å². The fourth-order valence-electron chi connectivity index (χ4n) is 6.12. The third-order valence-electron chi connectivity index (χ3n) is 7.77. The molecule has 0 heteroatoms. The fourth-order valence-corrected chi connectivity index (χ4v) is 6.12. The predicted octanol–water partition coefficient (Wildman–Crippen LogP) is 10.3. The van der Waals surface area contributed by atoms with Gasteiger partial charge in [-0.15, -0.1) is 0 Å². The van der Waals surface area contributed by atoms with Crippen molar-refractivity contribution in [2.45, 2.75) is 0 Å². The van der Waals surface area contributed by atoms with E-state index in [2.05, 4.69) is 133 Å². The van der Waals surface area contributed by atoms with Gasteiger partial charge in [-0.2, -0.15) is 0 Å². The van der Waals surface area contributed by atoms with E-state index in [1.54, 1.807) is 0 Å². The number of hydrogen-bond donors (Lipinski definition) is 0. The first-order valence-electron chi connectivity index (χ1n) is 12.5. The molecule has 0 amide bonds. The minimum Gasteiger partial charge on any atom is -0.0616 e. The number of benzene rings is 8. The molecule has 0 aliphatic heterocycles. The zero-order valence-electron chi connectivity index (χ0n) is 19.7. The van der Waals surface area contributed by atoms with Crippen molar-refractivity contribution in [3.05, 3.63) is 133 Å². The molecule has 0 fully saturated rings. The average Bonchev–Trinajstić information content (AvgIpc) is 2.95. The van der Waals surface area contributed by atoms with Crippen LogP contribution in [0.2, 0.25) is 0 Å². The minimum absolute atomic E-state index is 1.26. The Morgan fingerprint density at radius 2 is 0.806 bits per heavy atom. The molecule has 8 aromatic rings. The van der Waals surface area contributed by atoms with Crippen LogP contribution in [0.15, 0.2) is 133 Å². The Bertz CT molecular complexity index is 2110. The van der Waals surface area contributed by atoms with Crippen molar-refractivity contribution < 1.29 is 0 Å². The molecule has 0 bridgehead atoms. The summed E-state index contributed by atoms with van der Waals surface area (Å²) < 4.78 is 0. The highest BCUT2D eigenvalue weighted by molar-refractivity contribution is 6.33. The second-order valence-corrected chi connectivity index (χ2v) is 9.74. The maximum atomic E-state index is 2.36. The van der Waals surface area contributed by atoms with Crippen molar-refractivity contribution in [1.82, 2.24) is 0 Å². The largest absolute Gasteiger partial charge is 0.0616 e. The van der Waals surface area contributed by atoms with E-state index in [0.29, 0.717) is 0 Å². The number of hydrogen-bond acceptors (Lipinski definition) is 0. The second kappa shape index (κ2) is 7.41. The molecule has 0 spiro atoms. The van der Waals surface area contributed by atoms with Crippen LogP contribution in [0.1, 0.15) is 0 Å². The molecule has 36 heavy (non-hydrogen) atoms. The third-order valence-corrected chi connectivity index (χ3v) is 7.77. The lowest BCUT2D eigenvalue weighted by Crippen LogP contribution is -1.88. The standard InChI is InChI=1S/C36H22/c1-2-9-25-21-28-22-27(17-16-26(28)20-24(25)8-1)29-15-7-10-23-18-19-34-32-13-4-3-11-30(32)31-12-5-6-14-33(31)36(34)35(23)29/h1-22H. The molecule has 8 aromatic carbocycles. The lowest BCUT2D eigenvalue weighted by molar-refractivity contribution is 1.70. The number of rotatable bonds is 1. The molecule has 0 aliphatic rings. The highest BCUT2D eigenvalue weighted by Crippen LogP contribution is 2.42. The van der Waals surface area contributed by atoms with Crippen molar-refractivity contribution in [2.75, 3.05) is 0 Å². The van der Waals surface area contributed by atoms with E-state index in [1.807, 2.05) is 0 Å². The molecule has 0 heterocycles. The SMILES string of the molecule is c1ccc2cc3cc(-c4cccc5ccc6c7ccccc7c7ccccc7c6c45)ccc3cc2c1.